The number of thiophene rings is 1. The molecule has 0 aliphatic rings. The highest BCUT2D eigenvalue weighted by Crippen LogP contribution is 2.48. The van der Waals surface area contributed by atoms with Gasteiger partial charge in [-0.1, -0.05) is 206 Å². The van der Waals surface area contributed by atoms with Crippen LogP contribution in [-0.4, -0.2) is 9.97 Å². The minimum atomic E-state index is 0.712. The third kappa shape index (κ3) is 6.24. The van der Waals surface area contributed by atoms with E-state index in [1.54, 1.807) is 0 Å². The van der Waals surface area contributed by atoms with E-state index in [1.165, 1.54) is 91.1 Å². The molecule has 0 bridgehead atoms. The van der Waals surface area contributed by atoms with Crippen molar-refractivity contribution < 1.29 is 0 Å². The van der Waals surface area contributed by atoms with Gasteiger partial charge in [-0.05, 0) is 101 Å². The fourth-order valence-corrected chi connectivity index (χ4v) is 11.2. The summed E-state index contributed by atoms with van der Waals surface area (Å²) in [6.07, 6.45) is 0. The second-order valence-corrected chi connectivity index (χ2v) is 17.9. The number of fused-ring (bicyclic) bond motifs is 8. The summed E-state index contributed by atoms with van der Waals surface area (Å²) in [5, 5.41) is 12.5. The summed E-state index contributed by atoms with van der Waals surface area (Å²) in [5.41, 5.74) is 12.3. The van der Waals surface area contributed by atoms with Gasteiger partial charge in [0, 0.05) is 36.9 Å². The highest BCUT2D eigenvalue weighted by atomic mass is 32.1. The summed E-state index contributed by atoms with van der Waals surface area (Å²) in [6.45, 7) is 0. The highest BCUT2D eigenvalue weighted by molar-refractivity contribution is 7.25. The van der Waals surface area contributed by atoms with E-state index in [-0.39, 0.29) is 0 Å². The summed E-state index contributed by atoms with van der Waals surface area (Å²) in [5.74, 6) is 0.712. The Morgan fingerprint density at radius 1 is 0.277 bits per heavy atom. The van der Waals surface area contributed by atoms with Crippen LogP contribution in [0.3, 0.4) is 0 Å². The van der Waals surface area contributed by atoms with E-state index < -0.39 is 0 Å². The Hall–Kier alpha value is -8.24. The van der Waals surface area contributed by atoms with E-state index in [2.05, 4.69) is 212 Å². The first-order valence-electron chi connectivity index (χ1n) is 22.1. The lowest BCUT2D eigenvalue weighted by Crippen LogP contribution is -1.96. The van der Waals surface area contributed by atoms with E-state index in [1.807, 2.05) is 29.5 Å². The third-order valence-electron chi connectivity index (χ3n) is 13.1. The molecule has 0 aliphatic carbocycles. The average molecular weight is 843 g/mol. The van der Waals surface area contributed by atoms with Crippen LogP contribution in [0.15, 0.2) is 231 Å². The first kappa shape index (κ1) is 37.3. The van der Waals surface area contributed by atoms with Crippen LogP contribution in [0.1, 0.15) is 0 Å². The molecule has 0 N–H and O–H groups in total. The molecule has 2 heterocycles. The van der Waals surface area contributed by atoms with Crippen LogP contribution in [0.4, 0.5) is 0 Å². The van der Waals surface area contributed by atoms with Crippen LogP contribution in [0.25, 0.3) is 131 Å². The monoisotopic (exact) mass is 842 g/mol. The Bertz CT molecular complexity index is 3980. The van der Waals surface area contributed by atoms with E-state index in [0.29, 0.717) is 5.82 Å². The molecule has 0 radical (unpaired) electrons. The summed E-state index contributed by atoms with van der Waals surface area (Å²) in [6, 6.07) is 83.6. The van der Waals surface area contributed by atoms with Crippen molar-refractivity contribution in [1.29, 1.82) is 0 Å². The number of rotatable bonds is 6. The van der Waals surface area contributed by atoms with Crippen molar-refractivity contribution in [1.82, 2.24) is 9.97 Å². The largest absolute Gasteiger partial charge is 0.228 e. The van der Waals surface area contributed by atoms with Gasteiger partial charge >= 0.3 is 0 Å². The van der Waals surface area contributed by atoms with Crippen molar-refractivity contribution in [3.63, 3.8) is 0 Å². The standard InChI is InChI=1S/C62H38N2S/c1-3-16-42(17-4-1)59-50-24-11-12-25-51(50)60(53-33-31-39-15-7-8-20-46(39)61(53)59)52-35-34-45(47-21-9-10-22-48(47)52)40-27-29-41(30-28-40)55-38-56(64-62(63-55)43-18-5-2-6-19-43)44-32-36-58-54(37-44)49-23-13-14-26-57(49)65-58/h1-38H. The zero-order valence-electron chi connectivity index (χ0n) is 35.2. The fourth-order valence-electron chi connectivity index (χ4n) is 10.1. The molecule has 0 atom stereocenters. The fraction of sp³-hybridized carbons (Fsp3) is 0. The number of hydrogen-bond donors (Lipinski definition) is 0. The number of hydrogen-bond acceptors (Lipinski definition) is 3. The maximum Gasteiger partial charge on any atom is 0.160 e. The molecular weight excluding hydrogens is 805 g/mol. The maximum absolute atomic E-state index is 5.18. The van der Waals surface area contributed by atoms with Crippen LogP contribution in [-0.2, 0) is 0 Å². The van der Waals surface area contributed by atoms with Gasteiger partial charge in [0.2, 0.25) is 0 Å². The predicted molar refractivity (Wildman–Crippen MR) is 278 cm³/mol. The van der Waals surface area contributed by atoms with Gasteiger partial charge in [-0.25, -0.2) is 9.97 Å². The smallest absolute Gasteiger partial charge is 0.160 e. The lowest BCUT2D eigenvalue weighted by atomic mass is 9.82. The minimum Gasteiger partial charge on any atom is -0.228 e. The predicted octanol–water partition coefficient (Wildman–Crippen LogP) is 17.5. The van der Waals surface area contributed by atoms with Crippen molar-refractivity contribution in [3.05, 3.63) is 231 Å². The molecule has 2 aromatic heterocycles. The maximum atomic E-state index is 5.18. The zero-order valence-corrected chi connectivity index (χ0v) is 36.1. The molecule has 0 aliphatic heterocycles. The molecule has 2 nitrogen and oxygen atoms in total. The molecule has 11 aromatic carbocycles. The Morgan fingerprint density at radius 3 is 1.57 bits per heavy atom. The molecule has 13 aromatic rings. The molecule has 0 saturated carbocycles. The molecule has 0 unspecified atom stereocenters. The van der Waals surface area contributed by atoms with Gasteiger partial charge in [0.05, 0.1) is 11.4 Å². The van der Waals surface area contributed by atoms with Gasteiger partial charge < -0.3 is 0 Å². The van der Waals surface area contributed by atoms with Gasteiger partial charge in [0.25, 0.3) is 0 Å². The van der Waals surface area contributed by atoms with Crippen molar-refractivity contribution in [3.8, 4) is 67.3 Å². The van der Waals surface area contributed by atoms with Gasteiger partial charge in [0.15, 0.2) is 5.82 Å². The second-order valence-electron chi connectivity index (χ2n) is 16.8. The molecule has 65 heavy (non-hydrogen) atoms. The first-order chi connectivity index (χ1) is 32.2. The third-order valence-corrected chi connectivity index (χ3v) is 14.2. The van der Waals surface area contributed by atoms with Gasteiger partial charge in [-0.15, -0.1) is 11.3 Å². The van der Waals surface area contributed by atoms with E-state index >= 15 is 0 Å². The Kier molecular flexibility index (Phi) is 8.75. The van der Waals surface area contributed by atoms with Gasteiger partial charge in [-0.2, -0.15) is 0 Å². The lowest BCUT2D eigenvalue weighted by Gasteiger charge is -2.21. The zero-order chi connectivity index (χ0) is 42.8. The summed E-state index contributed by atoms with van der Waals surface area (Å²) in [4.78, 5) is 10.4. The average Bonchev–Trinajstić information content (AvgIpc) is 3.76. The van der Waals surface area contributed by atoms with Crippen molar-refractivity contribution in [2.75, 3.05) is 0 Å². The van der Waals surface area contributed by atoms with Crippen LogP contribution in [0.2, 0.25) is 0 Å². The van der Waals surface area contributed by atoms with E-state index in [0.717, 1.165) is 33.6 Å². The Balaban J connectivity index is 0.954. The minimum absolute atomic E-state index is 0.712. The summed E-state index contributed by atoms with van der Waals surface area (Å²) < 4.78 is 2.57. The summed E-state index contributed by atoms with van der Waals surface area (Å²) >= 11 is 1.83. The Morgan fingerprint density at radius 2 is 0.815 bits per heavy atom. The van der Waals surface area contributed by atoms with Crippen molar-refractivity contribution in [2.24, 2.45) is 0 Å². The molecule has 13 rings (SSSR count). The second kappa shape index (κ2) is 15.2. The van der Waals surface area contributed by atoms with Gasteiger partial charge in [-0.3, -0.25) is 0 Å². The van der Waals surface area contributed by atoms with E-state index in [4.69, 9.17) is 9.97 Å². The molecule has 302 valence electrons. The van der Waals surface area contributed by atoms with Crippen molar-refractivity contribution in [2.45, 2.75) is 0 Å². The van der Waals surface area contributed by atoms with Crippen LogP contribution >= 0.6 is 11.3 Å². The molecule has 0 fully saturated rings. The lowest BCUT2D eigenvalue weighted by molar-refractivity contribution is 1.18. The number of benzene rings is 11. The normalized spacial score (nSPS) is 11.7. The van der Waals surface area contributed by atoms with Crippen LogP contribution in [0.5, 0.6) is 0 Å². The topological polar surface area (TPSA) is 25.8 Å². The molecule has 0 amide bonds. The molecule has 0 saturated heterocycles. The summed E-state index contributed by atoms with van der Waals surface area (Å²) in [7, 11) is 0. The van der Waals surface area contributed by atoms with Crippen molar-refractivity contribution >= 4 is 74.6 Å². The molecule has 0 spiro atoms. The molecular formula is C62H38N2S. The number of aromatic nitrogens is 2. The van der Waals surface area contributed by atoms with Crippen LogP contribution in [0, 0.1) is 0 Å². The molecule has 3 heteroatoms. The Labute approximate surface area is 380 Å². The highest BCUT2D eigenvalue weighted by Gasteiger charge is 2.21. The first-order valence-corrected chi connectivity index (χ1v) is 23.0. The number of nitrogens with zero attached hydrogens (tertiary/aromatic N) is 2. The van der Waals surface area contributed by atoms with Crippen LogP contribution < -0.4 is 0 Å². The van der Waals surface area contributed by atoms with Gasteiger partial charge in [0.1, 0.15) is 0 Å². The SMILES string of the molecule is c1ccc(-c2nc(-c3ccc(-c4ccc(-c5c6ccccc6c(-c6ccccc6)c6c5ccc5ccccc56)c5ccccc45)cc3)cc(-c3ccc4sc5ccccc5c4c3)n2)cc1. The quantitative estimate of drug-likeness (QED) is 0.123. The van der Waals surface area contributed by atoms with E-state index in [9.17, 15) is 0 Å².